The molecule has 7 heteroatoms. The predicted molar refractivity (Wildman–Crippen MR) is 74.3 cm³/mol. The molecule has 1 aliphatic heterocycles. The quantitative estimate of drug-likeness (QED) is 0.781. The Labute approximate surface area is 125 Å². The highest BCUT2D eigenvalue weighted by Gasteiger charge is 2.62. The van der Waals surface area contributed by atoms with Crippen molar-refractivity contribution >= 4 is 17.5 Å². The summed E-state index contributed by atoms with van der Waals surface area (Å²) in [6.07, 6.45) is -4.45. The summed E-state index contributed by atoms with van der Waals surface area (Å²) in [6, 6.07) is 4.27. The number of carbonyl (C=O) groups is 1. The lowest BCUT2D eigenvalue weighted by atomic mass is 9.89. The normalized spacial score (nSPS) is 23.5. The molecule has 1 heterocycles. The van der Waals surface area contributed by atoms with Crippen LogP contribution in [0.3, 0.4) is 0 Å². The van der Waals surface area contributed by atoms with Crippen LogP contribution >= 0.6 is 0 Å². The van der Waals surface area contributed by atoms with Crippen LogP contribution in [0.25, 0.3) is 0 Å². The van der Waals surface area contributed by atoms with Gasteiger partial charge in [0, 0.05) is 24.2 Å². The maximum Gasteiger partial charge on any atom is 0.445 e. The van der Waals surface area contributed by atoms with Gasteiger partial charge in [-0.25, -0.2) is 4.79 Å². The van der Waals surface area contributed by atoms with Gasteiger partial charge in [-0.15, -0.1) is 0 Å². The maximum absolute atomic E-state index is 13.7. The summed E-state index contributed by atoms with van der Waals surface area (Å²) in [7, 11) is 1.59. The molecule has 0 bridgehead atoms. The van der Waals surface area contributed by atoms with Gasteiger partial charge in [0.25, 0.3) is 5.60 Å². The highest BCUT2D eigenvalue weighted by atomic mass is 19.4. The van der Waals surface area contributed by atoms with Crippen LogP contribution in [0, 0.1) is 17.8 Å². The fourth-order valence-electron chi connectivity index (χ4n) is 2.24. The van der Waals surface area contributed by atoms with E-state index in [1.54, 1.807) is 13.1 Å². The molecule has 1 saturated carbocycles. The molecule has 22 heavy (non-hydrogen) atoms. The number of nitrogens with one attached hydrogen (secondary N) is 2. The molecule has 2 aliphatic rings. The van der Waals surface area contributed by atoms with E-state index in [2.05, 4.69) is 27.2 Å². The van der Waals surface area contributed by atoms with Gasteiger partial charge in [-0.1, -0.05) is 5.92 Å². The SMILES string of the molecule is CNc1ccc2c(c1)[C@@](C#CC1CC1)(C(F)(F)F)OC(=O)N2. The van der Waals surface area contributed by atoms with Gasteiger partial charge in [-0.05, 0) is 37.0 Å². The lowest BCUT2D eigenvalue weighted by Crippen LogP contribution is -2.49. The monoisotopic (exact) mass is 310 g/mol. The van der Waals surface area contributed by atoms with Gasteiger partial charge in [0.15, 0.2) is 0 Å². The van der Waals surface area contributed by atoms with E-state index in [0.29, 0.717) is 5.69 Å². The Morgan fingerprint density at radius 1 is 1.41 bits per heavy atom. The zero-order valence-corrected chi connectivity index (χ0v) is 11.7. The molecule has 0 spiro atoms. The molecule has 1 aliphatic carbocycles. The van der Waals surface area contributed by atoms with Crippen LogP contribution in [0.15, 0.2) is 18.2 Å². The smallest absolute Gasteiger partial charge is 0.415 e. The molecule has 0 aromatic heterocycles. The number of hydrogen-bond acceptors (Lipinski definition) is 3. The van der Waals surface area contributed by atoms with Crippen molar-refractivity contribution in [3.63, 3.8) is 0 Å². The van der Waals surface area contributed by atoms with Gasteiger partial charge in [0.05, 0.1) is 5.69 Å². The minimum atomic E-state index is -4.84. The Morgan fingerprint density at radius 3 is 2.73 bits per heavy atom. The number of alkyl halides is 3. The van der Waals surface area contributed by atoms with Crippen LogP contribution < -0.4 is 10.6 Å². The first-order valence-corrected chi connectivity index (χ1v) is 6.77. The van der Waals surface area contributed by atoms with Gasteiger partial charge in [-0.3, -0.25) is 5.32 Å². The van der Waals surface area contributed by atoms with E-state index in [1.165, 1.54) is 12.1 Å². The van der Waals surface area contributed by atoms with Gasteiger partial charge in [0.2, 0.25) is 0 Å². The Bertz CT molecular complexity index is 686. The van der Waals surface area contributed by atoms with Gasteiger partial charge >= 0.3 is 12.3 Å². The number of ether oxygens (including phenoxy) is 1. The summed E-state index contributed by atoms with van der Waals surface area (Å²) in [5.74, 6) is 4.71. The van der Waals surface area contributed by atoms with Crippen molar-refractivity contribution in [1.29, 1.82) is 0 Å². The minimum absolute atomic E-state index is 0.0521. The van der Waals surface area contributed by atoms with Gasteiger partial charge in [-0.2, -0.15) is 13.2 Å². The first-order chi connectivity index (χ1) is 10.4. The molecule has 3 rings (SSSR count). The van der Waals surface area contributed by atoms with E-state index < -0.39 is 17.9 Å². The number of amides is 1. The van der Waals surface area contributed by atoms with Crippen LogP contribution in [0.1, 0.15) is 18.4 Å². The average molecular weight is 310 g/mol. The summed E-state index contributed by atoms with van der Waals surface area (Å²) in [5.41, 5.74) is -2.61. The number of rotatable bonds is 1. The molecule has 2 N–H and O–H groups in total. The molecule has 0 unspecified atom stereocenters. The molecule has 0 radical (unpaired) electrons. The fourth-order valence-corrected chi connectivity index (χ4v) is 2.24. The first-order valence-electron chi connectivity index (χ1n) is 6.77. The van der Waals surface area contributed by atoms with Crippen molar-refractivity contribution in [3.8, 4) is 11.8 Å². The summed E-state index contributed by atoms with van der Waals surface area (Å²) in [4.78, 5) is 11.6. The highest BCUT2D eigenvalue weighted by Crippen LogP contribution is 2.48. The number of cyclic esters (lactones) is 1. The molecule has 0 saturated heterocycles. The van der Waals surface area contributed by atoms with E-state index in [9.17, 15) is 18.0 Å². The Kier molecular flexibility index (Phi) is 3.20. The predicted octanol–water partition coefficient (Wildman–Crippen LogP) is 3.46. The second-order valence-corrected chi connectivity index (χ2v) is 5.25. The molecular formula is C15H13F3N2O2. The van der Waals surface area contributed by atoms with Gasteiger partial charge in [0.1, 0.15) is 0 Å². The lowest BCUT2D eigenvalue weighted by molar-refractivity contribution is -0.239. The van der Waals surface area contributed by atoms with E-state index in [0.717, 1.165) is 12.8 Å². The number of hydrogen-bond donors (Lipinski definition) is 2. The van der Waals surface area contributed by atoms with E-state index in [4.69, 9.17) is 0 Å². The Morgan fingerprint density at radius 2 is 2.14 bits per heavy atom. The minimum Gasteiger partial charge on any atom is -0.415 e. The van der Waals surface area contributed by atoms with Crippen LogP contribution in [0.4, 0.5) is 29.3 Å². The topological polar surface area (TPSA) is 50.4 Å². The van der Waals surface area contributed by atoms with Crippen molar-refractivity contribution in [2.24, 2.45) is 5.92 Å². The number of anilines is 2. The number of carbonyl (C=O) groups excluding carboxylic acids is 1. The van der Waals surface area contributed by atoms with Crippen molar-refractivity contribution in [2.75, 3.05) is 17.7 Å². The Hall–Kier alpha value is -2.36. The molecule has 1 fully saturated rings. The zero-order valence-electron chi connectivity index (χ0n) is 11.7. The zero-order chi connectivity index (χ0) is 16.0. The van der Waals surface area contributed by atoms with E-state index in [-0.39, 0.29) is 17.2 Å². The van der Waals surface area contributed by atoms with Gasteiger partial charge < -0.3 is 10.1 Å². The second kappa shape index (κ2) is 4.83. The standard InChI is InChI=1S/C15H13F3N2O2/c1-19-10-4-5-12-11(8-10)14(15(16,17)18,22-13(21)20-12)7-6-9-2-3-9/h4-5,8-9,19H,2-3H2,1H3,(H,20,21)/t14-/m0/s1. The average Bonchev–Trinajstić information content (AvgIpc) is 3.27. The highest BCUT2D eigenvalue weighted by molar-refractivity contribution is 5.90. The molecule has 1 aromatic rings. The van der Waals surface area contributed by atoms with Crippen LogP contribution in [0.2, 0.25) is 0 Å². The third-order valence-corrected chi connectivity index (χ3v) is 3.60. The molecule has 1 atom stereocenters. The number of fused-ring (bicyclic) bond motifs is 1. The van der Waals surface area contributed by atoms with E-state index in [1.807, 2.05) is 0 Å². The Balaban J connectivity index is 2.21. The summed E-state index contributed by atoms with van der Waals surface area (Å²) >= 11 is 0. The maximum atomic E-state index is 13.7. The first kappa shape index (κ1) is 14.6. The molecule has 4 nitrogen and oxygen atoms in total. The van der Waals surface area contributed by atoms with Crippen molar-refractivity contribution in [1.82, 2.24) is 0 Å². The number of benzene rings is 1. The van der Waals surface area contributed by atoms with Crippen LogP contribution in [-0.4, -0.2) is 19.3 Å². The van der Waals surface area contributed by atoms with Crippen LogP contribution in [0.5, 0.6) is 0 Å². The van der Waals surface area contributed by atoms with Crippen LogP contribution in [-0.2, 0) is 10.3 Å². The van der Waals surface area contributed by atoms with Crippen molar-refractivity contribution in [2.45, 2.75) is 24.6 Å². The third-order valence-electron chi connectivity index (χ3n) is 3.60. The molecular weight excluding hydrogens is 297 g/mol. The second-order valence-electron chi connectivity index (χ2n) is 5.25. The summed E-state index contributed by atoms with van der Waals surface area (Å²) < 4.78 is 45.8. The molecule has 116 valence electrons. The lowest BCUT2D eigenvalue weighted by Gasteiger charge is -2.36. The largest absolute Gasteiger partial charge is 0.445 e. The van der Waals surface area contributed by atoms with Crippen molar-refractivity contribution in [3.05, 3.63) is 23.8 Å². The number of halogens is 3. The summed E-state index contributed by atoms with van der Waals surface area (Å²) in [6.45, 7) is 0. The third kappa shape index (κ3) is 2.34. The summed E-state index contributed by atoms with van der Waals surface area (Å²) in [5, 5.41) is 5.06. The molecule has 1 aromatic carbocycles. The van der Waals surface area contributed by atoms with Crippen molar-refractivity contribution < 1.29 is 22.7 Å². The molecule has 1 amide bonds. The fraction of sp³-hybridized carbons (Fsp3) is 0.400. The van der Waals surface area contributed by atoms with E-state index >= 15 is 0 Å².